The average molecular weight is 259 g/mol. The summed E-state index contributed by atoms with van der Waals surface area (Å²) in [6, 6.07) is -1.05. The normalized spacial score (nSPS) is 23.9. The number of rotatable bonds is 2. The lowest BCUT2D eigenvalue weighted by molar-refractivity contribution is -0.146. The van der Waals surface area contributed by atoms with E-state index in [2.05, 4.69) is 4.74 Å². The molecule has 6 nitrogen and oxygen atoms in total. The van der Waals surface area contributed by atoms with Crippen molar-refractivity contribution >= 4 is 12.1 Å². The molecule has 18 heavy (non-hydrogen) atoms. The first-order valence-electron chi connectivity index (χ1n) is 6.00. The maximum atomic E-state index is 12.0. The number of carbonyl (C=O) groups excluding carboxylic acids is 2. The summed E-state index contributed by atoms with van der Waals surface area (Å²) >= 11 is 0. The van der Waals surface area contributed by atoms with Crippen LogP contribution in [0.1, 0.15) is 33.6 Å². The summed E-state index contributed by atoms with van der Waals surface area (Å²) in [5, 5.41) is 9.25. The zero-order chi connectivity index (χ0) is 13.9. The molecule has 0 aromatic rings. The van der Waals surface area contributed by atoms with Crippen molar-refractivity contribution in [2.24, 2.45) is 0 Å². The van der Waals surface area contributed by atoms with E-state index in [1.807, 2.05) is 0 Å². The second kappa shape index (κ2) is 5.56. The van der Waals surface area contributed by atoms with Crippen molar-refractivity contribution in [2.75, 3.05) is 13.7 Å². The second-order valence-corrected chi connectivity index (χ2v) is 5.34. The minimum Gasteiger partial charge on any atom is -0.467 e. The summed E-state index contributed by atoms with van der Waals surface area (Å²) < 4.78 is 9.91. The van der Waals surface area contributed by atoms with Crippen LogP contribution in [0.25, 0.3) is 0 Å². The van der Waals surface area contributed by atoms with Gasteiger partial charge in [-0.05, 0) is 33.6 Å². The fourth-order valence-corrected chi connectivity index (χ4v) is 2.02. The number of amides is 1. The van der Waals surface area contributed by atoms with Crippen molar-refractivity contribution < 1.29 is 24.2 Å². The van der Waals surface area contributed by atoms with E-state index in [9.17, 15) is 14.7 Å². The van der Waals surface area contributed by atoms with Crippen LogP contribution in [0.5, 0.6) is 0 Å². The summed E-state index contributed by atoms with van der Waals surface area (Å²) in [5.74, 6) is -0.475. The number of ether oxygens (including phenoxy) is 2. The number of esters is 1. The highest BCUT2D eigenvalue weighted by molar-refractivity contribution is 5.82. The van der Waals surface area contributed by atoms with Crippen LogP contribution in [0.2, 0.25) is 0 Å². The molecule has 1 aliphatic heterocycles. The molecule has 0 aromatic heterocycles. The Morgan fingerprint density at radius 2 is 1.94 bits per heavy atom. The number of methoxy groups -OCH3 is 1. The number of nitrogens with zero attached hydrogens (tertiary/aromatic N) is 1. The lowest BCUT2D eigenvalue weighted by atomic mass is 10.2. The van der Waals surface area contributed by atoms with E-state index in [-0.39, 0.29) is 12.6 Å². The Kier molecular flexibility index (Phi) is 4.56. The van der Waals surface area contributed by atoms with E-state index < -0.39 is 23.7 Å². The smallest absolute Gasteiger partial charge is 0.411 e. The van der Waals surface area contributed by atoms with Crippen LogP contribution in [0.4, 0.5) is 4.79 Å². The zero-order valence-electron chi connectivity index (χ0n) is 11.3. The molecule has 1 heterocycles. The van der Waals surface area contributed by atoms with E-state index in [1.165, 1.54) is 12.0 Å². The molecule has 1 saturated heterocycles. The first-order chi connectivity index (χ1) is 8.30. The summed E-state index contributed by atoms with van der Waals surface area (Å²) in [4.78, 5) is 24.9. The van der Waals surface area contributed by atoms with E-state index in [4.69, 9.17) is 4.74 Å². The van der Waals surface area contributed by atoms with Gasteiger partial charge in [0, 0.05) is 0 Å². The van der Waals surface area contributed by atoms with Gasteiger partial charge in [0.2, 0.25) is 0 Å². The maximum absolute atomic E-state index is 12.0. The van der Waals surface area contributed by atoms with Gasteiger partial charge in [0.15, 0.2) is 0 Å². The maximum Gasteiger partial charge on any atom is 0.411 e. The van der Waals surface area contributed by atoms with E-state index in [1.54, 1.807) is 20.8 Å². The van der Waals surface area contributed by atoms with Crippen molar-refractivity contribution in [3.63, 3.8) is 0 Å². The van der Waals surface area contributed by atoms with Gasteiger partial charge in [-0.1, -0.05) is 0 Å². The van der Waals surface area contributed by atoms with E-state index in [0.29, 0.717) is 12.8 Å². The number of aliphatic hydroxyl groups is 1. The van der Waals surface area contributed by atoms with Crippen LogP contribution < -0.4 is 0 Å². The van der Waals surface area contributed by atoms with Crippen LogP contribution in [-0.4, -0.2) is 53.5 Å². The van der Waals surface area contributed by atoms with Crippen molar-refractivity contribution in [2.45, 2.75) is 51.3 Å². The van der Waals surface area contributed by atoms with Crippen molar-refractivity contribution in [3.05, 3.63) is 0 Å². The number of likely N-dealkylation sites (tertiary alicyclic amines) is 1. The minimum absolute atomic E-state index is 0.188. The molecule has 0 bridgehead atoms. The largest absolute Gasteiger partial charge is 0.467 e. The topological polar surface area (TPSA) is 76.1 Å². The molecule has 0 spiro atoms. The van der Waals surface area contributed by atoms with Gasteiger partial charge in [-0.15, -0.1) is 0 Å². The molecule has 1 amide bonds. The van der Waals surface area contributed by atoms with Gasteiger partial charge in [0.05, 0.1) is 19.8 Å². The third-order valence-electron chi connectivity index (χ3n) is 2.79. The number of carbonyl (C=O) groups is 2. The summed E-state index contributed by atoms with van der Waals surface area (Å²) in [5.41, 5.74) is -0.639. The van der Waals surface area contributed by atoms with Gasteiger partial charge >= 0.3 is 12.1 Å². The summed E-state index contributed by atoms with van der Waals surface area (Å²) in [6.45, 7) is 5.07. The summed E-state index contributed by atoms with van der Waals surface area (Å²) in [6.07, 6.45) is 0.460. The molecular formula is C12H21NO5. The van der Waals surface area contributed by atoms with Crippen molar-refractivity contribution in [1.82, 2.24) is 4.90 Å². The Morgan fingerprint density at radius 1 is 1.33 bits per heavy atom. The number of aliphatic hydroxyl groups excluding tert-OH is 1. The highest BCUT2D eigenvalue weighted by Gasteiger charge is 2.43. The van der Waals surface area contributed by atoms with E-state index in [0.717, 1.165) is 0 Å². The van der Waals surface area contributed by atoms with Gasteiger partial charge < -0.3 is 14.6 Å². The fraction of sp³-hybridized carbons (Fsp3) is 0.833. The quantitative estimate of drug-likeness (QED) is 0.746. The van der Waals surface area contributed by atoms with Crippen LogP contribution in [0, 0.1) is 0 Å². The third kappa shape index (κ3) is 3.35. The average Bonchev–Trinajstić information content (AvgIpc) is 2.69. The third-order valence-corrected chi connectivity index (χ3v) is 2.79. The zero-order valence-corrected chi connectivity index (χ0v) is 11.3. The first-order valence-corrected chi connectivity index (χ1v) is 6.00. The summed E-state index contributed by atoms with van der Waals surface area (Å²) in [7, 11) is 1.28. The van der Waals surface area contributed by atoms with Gasteiger partial charge in [-0.2, -0.15) is 0 Å². The molecule has 2 atom stereocenters. The number of hydrogen-bond acceptors (Lipinski definition) is 5. The predicted molar refractivity (Wildman–Crippen MR) is 64.0 cm³/mol. The first kappa shape index (κ1) is 14.8. The highest BCUT2D eigenvalue weighted by atomic mass is 16.6. The SMILES string of the molecule is COC(=O)C1CC[C@@H](CO)N1C(=O)OC(C)(C)C. The van der Waals surface area contributed by atoms with Gasteiger partial charge in [-0.25, -0.2) is 9.59 Å². The molecule has 1 unspecified atom stereocenters. The Morgan fingerprint density at radius 3 is 2.39 bits per heavy atom. The van der Waals surface area contributed by atoms with Crippen molar-refractivity contribution in [1.29, 1.82) is 0 Å². The molecule has 1 aliphatic rings. The molecule has 0 saturated carbocycles. The Balaban J connectivity index is 2.84. The molecule has 0 aliphatic carbocycles. The minimum atomic E-state index is -0.665. The second-order valence-electron chi connectivity index (χ2n) is 5.34. The van der Waals surface area contributed by atoms with Crippen LogP contribution in [-0.2, 0) is 14.3 Å². The molecule has 6 heteroatoms. The van der Waals surface area contributed by atoms with Gasteiger partial charge in [0.25, 0.3) is 0 Å². The Hall–Kier alpha value is -1.30. The predicted octanol–water partition coefficient (Wildman–Crippen LogP) is 0.920. The molecule has 1 rings (SSSR count). The molecule has 104 valence electrons. The monoisotopic (exact) mass is 259 g/mol. The van der Waals surface area contributed by atoms with Crippen LogP contribution in [0.15, 0.2) is 0 Å². The van der Waals surface area contributed by atoms with Crippen LogP contribution >= 0.6 is 0 Å². The van der Waals surface area contributed by atoms with Crippen molar-refractivity contribution in [3.8, 4) is 0 Å². The highest BCUT2D eigenvalue weighted by Crippen LogP contribution is 2.27. The lowest BCUT2D eigenvalue weighted by Crippen LogP contribution is -2.48. The van der Waals surface area contributed by atoms with Gasteiger partial charge in [-0.3, -0.25) is 4.90 Å². The lowest BCUT2D eigenvalue weighted by Gasteiger charge is -2.30. The van der Waals surface area contributed by atoms with Gasteiger partial charge in [0.1, 0.15) is 11.6 Å². The fourth-order valence-electron chi connectivity index (χ4n) is 2.02. The number of hydrogen-bond donors (Lipinski definition) is 1. The molecular weight excluding hydrogens is 238 g/mol. The van der Waals surface area contributed by atoms with E-state index >= 15 is 0 Å². The molecule has 0 radical (unpaired) electrons. The van der Waals surface area contributed by atoms with Crippen LogP contribution in [0.3, 0.4) is 0 Å². The Labute approximate surface area is 107 Å². The molecule has 0 aromatic carbocycles. The molecule has 1 N–H and O–H groups in total. The standard InChI is InChI=1S/C12H21NO5/c1-12(2,3)18-11(16)13-8(7-14)5-6-9(13)10(15)17-4/h8-9,14H,5-7H2,1-4H3/t8-,9?/m0/s1. The Bertz CT molecular complexity index is 323. The molecule has 1 fully saturated rings.